The van der Waals surface area contributed by atoms with E-state index in [1.54, 1.807) is 13.2 Å². The van der Waals surface area contributed by atoms with Crippen molar-refractivity contribution < 1.29 is 4.74 Å². The molecule has 0 spiro atoms. The molecule has 0 unspecified atom stereocenters. The van der Waals surface area contributed by atoms with Crippen LogP contribution in [0.25, 0.3) is 0 Å². The topological polar surface area (TPSA) is 9.23 Å². The Hall–Kier alpha value is -0.240. The molecule has 84 valence electrons. The van der Waals surface area contributed by atoms with Crippen LogP contribution in [0.1, 0.15) is 25.3 Å². The first-order valence-corrected chi connectivity index (χ1v) is 5.75. The van der Waals surface area contributed by atoms with Gasteiger partial charge in [-0.3, -0.25) is 0 Å². The second-order valence-electron chi connectivity index (χ2n) is 4.01. The molecule has 1 aromatic rings. The summed E-state index contributed by atoms with van der Waals surface area (Å²) < 4.78 is 5.21. The molecule has 0 amide bonds. The lowest BCUT2D eigenvalue weighted by molar-refractivity contribution is 0.162. The van der Waals surface area contributed by atoms with Gasteiger partial charge in [0.2, 0.25) is 0 Å². The molecule has 0 saturated carbocycles. The molecule has 0 saturated heterocycles. The molecule has 1 atom stereocenters. The third-order valence-electron chi connectivity index (χ3n) is 2.46. The van der Waals surface area contributed by atoms with Crippen LogP contribution in [-0.4, -0.2) is 13.7 Å². The average molecular weight is 247 g/mol. The molecule has 15 heavy (non-hydrogen) atoms. The molecular formula is C12H16Cl2O. The van der Waals surface area contributed by atoms with Crippen molar-refractivity contribution in [1.82, 2.24) is 0 Å². The highest BCUT2D eigenvalue weighted by molar-refractivity contribution is 6.34. The number of methoxy groups -OCH3 is 1. The maximum Gasteiger partial charge on any atom is 0.0533 e. The normalized spacial score (nSPS) is 13.2. The van der Waals surface area contributed by atoms with Gasteiger partial charge in [0.05, 0.1) is 6.61 Å². The second-order valence-corrected chi connectivity index (χ2v) is 4.88. The van der Waals surface area contributed by atoms with E-state index in [0.717, 1.165) is 5.56 Å². The summed E-state index contributed by atoms with van der Waals surface area (Å²) in [6, 6.07) is 5.66. The first kappa shape index (κ1) is 12.8. The van der Waals surface area contributed by atoms with Crippen molar-refractivity contribution in [3.63, 3.8) is 0 Å². The number of halogens is 2. The molecule has 0 aliphatic heterocycles. The molecule has 0 aliphatic carbocycles. The Morgan fingerprint density at radius 1 is 1.13 bits per heavy atom. The van der Waals surface area contributed by atoms with Gasteiger partial charge in [0.15, 0.2) is 0 Å². The third-order valence-corrected chi connectivity index (χ3v) is 2.90. The van der Waals surface area contributed by atoms with Gasteiger partial charge in [-0.05, 0) is 29.7 Å². The van der Waals surface area contributed by atoms with Gasteiger partial charge < -0.3 is 4.74 Å². The SMILES string of the molecule is COC[C@H](c1cc(Cl)cc(Cl)c1)C(C)C. The Balaban J connectivity index is 2.99. The maximum atomic E-state index is 5.97. The standard InChI is InChI=1S/C12H16Cl2O/c1-8(2)12(7-15-3)9-4-10(13)6-11(14)5-9/h4-6,8,12H,7H2,1-3H3/t12-/m0/s1. The molecule has 1 nitrogen and oxygen atoms in total. The molecule has 3 heteroatoms. The molecule has 0 radical (unpaired) electrons. The molecular weight excluding hydrogens is 231 g/mol. The highest BCUT2D eigenvalue weighted by Gasteiger charge is 2.16. The van der Waals surface area contributed by atoms with E-state index in [1.165, 1.54) is 0 Å². The largest absolute Gasteiger partial charge is 0.384 e. The quantitative estimate of drug-likeness (QED) is 0.767. The van der Waals surface area contributed by atoms with E-state index in [0.29, 0.717) is 28.5 Å². The van der Waals surface area contributed by atoms with Gasteiger partial charge in [-0.25, -0.2) is 0 Å². The van der Waals surface area contributed by atoms with E-state index in [2.05, 4.69) is 13.8 Å². The van der Waals surface area contributed by atoms with E-state index in [1.807, 2.05) is 12.1 Å². The predicted octanol–water partition coefficient (Wildman–Crippen LogP) is 4.38. The van der Waals surface area contributed by atoms with Crippen LogP contribution in [0.5, 0.6) is 0 Å². The van der Waals surface area contributed by atoms with Crippen LogP contribution in [0.4, 0.5) is 0 Å². The van der Waals surface area contributed by atoms with Crippen molar-refractivity contribution in [3.05, 3.63) is 33.8 Å². The highest BCUT2D eigenvalue weighted by atomic mass is 35.5. The molecule has 0 heterocycles. The van der Waals surface area contributed by atoms with Gasteiger partial charge >= 0.3 is 0 Å². The monoisotopic (exact) mass is 246 g/mol. The zero-order chi connectivity index (χ0) is 11.4. The Morgan fingerprint density at radius 3 is 2.07 bits per heavy atom. The molecule has 0 aromatic heterocycles. The Kier molecular flexibility index (Phi) is 4.91. The van der Waals surface area contributed by atoms with Gasteiger partial charge in [0.1, 0.15) is 0 Å². The van der Waals surface area contributed by atoms with Crippen molar-refractivity contribution in [1.29, 1.82) is 0 Å². The molecule has 1 aromatic carbocycles. The summed E-state index contributed by atoms with van der Waals surface area (Å²) in [5, 5.41) is 1.36. The zero-order valence-corrected chi connectivity index (χ0v) is 10.8. The minimum Gasteiger partial charge on any atom is -0.384 e. The first-order chi connectivity index (χ1) is 7.04. The minimum atomic E-state index is 0.339. The lowest BCUT2D eigenvalue weighted by Gasteiger charge is -2.20. The van der Waals surface area contributed by atoms with E-state index in [9.17, 15) is 0 Å². The smallest absolute Gasteiger partial charge is 0.0533 e. The van der Waals surface area contributed by atoms with E-state index < -0.39 is 0 Å². The van der Waals surface area contributed by atoms with Crippen molar-refractivity contribution >= 4 is 23.2 Å². The number of benzene rings is 1. The van der Waals surface area contributed by atoms with Crippen LogP contribution >= 0.6 is 23.2 Å². The lowest BCUT2D eigenvalue weighted by Crippen LogP contribution is -2.12. The van der Waals surface area contributed by atoms with Crippen LogP contribution in [-0.2, 0) is 4.74 Å². The molecule has 0 aliphatic rings. The summed E-state index contributed by atoms with van der Waals surface area (Å²) in [6.45, 7) is 5.02. The van der Waals surface area contributed by atoms with Crippen LogP contribution in [0, 0.1) is 5.92 Å². The van der Waals surface area contributed by atoms with E-state index in [-0.39, 0.29) is 0 Å². The fraction of sp³-hybridized carbons (Fsp3) is 0.500. The molecule has 0 N–H and O–H groups in total. The van der Waals surface area contributed by atoms with Gasteiger partial charge in [-0.2, -0.15) is 0 Å². The first-order valence-electron chi connectivity index (χ1n) is 4.99. The Labute approximate surface area is 101 Å². The van der Waals surface area contributed by atoms with Crippen LogP contribution in [0.15, 0.2) is 18.2 Å². The number of hydrogen-bond donors (Lipinski definition) is 0. The fourth-order valence-electron chi connectivity index (χ4n) is 1.64. The summed E-state index contributed by atoms with van der Waals surface area (Å²) in [5.74, 6) is 0.839. The minimum absolute atomic E-state index is 0.339. The fourth-order valence-corrected chi connectivity index (χ4v) is 2.19. The van der Waals surface area contributed by atoms with Gasteiger partial charge in [0, 0.05) is 23.1 Å². The third kappa shape index (κ3) is 3.67. The summed E-state index contributed by atoms with van der Waals surface area (Å²) >= 11 is 11.9. The Bertz CT molecular complexity index is 303. The number of ether oxygens (including phenoxy) is 1. The summed E-state index contributed by atoms with van der Waals surface area (Å²) in [5.41, 5.74) is 1.14. The molecule has 1 rings (SSSR count). The average Bonchev–Trinajstić information content (AvgIpc) is 2.11. The molecule has 0 fully saturated rings. The van der Waals surface area contributed by atoms with Crippen LogP contribution in [0.3, 0.4) is 0 Å². The second kappa shape index (κ2) is 5.74. The summed E-state index contributed by atoms with van der Waals surface area (Å²) in [4.78, 5) is 0. The number of hydrogen-bond acceptors (Lipinski definition) is 1. The van der Waals surface area contributed by atoms with Gasteiger partial charge in [-0.1, -0.05) is 37.0 Å². The van der Waals surface area contributed by atoms with Crippen molar-refractivity contribution in [2.45, 2.75) is 19.8 Å². The highest BCUT2D eigenvalue weighted by Crippen LogP contribution is 2.29. The van der Waals surface area contributed by atoms with Gasteiger partial charge in [-0.15, -0.1) is 0 Å². The van der Waals surface area contributed by atoms with E-state index >= 15 is 0 Å². The zero-order valence-electron chi connectivity index (χ0n) is 9.26. The van der Waals surface area contributed by atoms with Crippen molar-refractivity contribution in [2.75, 3.05) is 13.7 Å². The predicted molar refractivity (Wildman–Crippen MR) is 65.9 cm³/mol. The van der Waals surface area contributed by atoms with Crippen molar-refractivity contribution in [3.8, 4) is 0 Å². The molecule has 0 bridgehead atoms. The maximum absolute atomic E-state index is 5.97. The Morgan fingerprint density at radius 2 is 1.67 bits per heavy atom. The van der Waals surface area contributed by atoms with Gasteiger partial charge in [0.25, 0.3) is 0 Å². The number of rotatable bonds is 4. The van der Waals surface area contributed by atoms with Crippen LogP contribution < -0.4 is 0 Å². The summed E-state index contributed by atoms with van der Waals surface area (Å²) in [6.07, 6.45) is 0. The lowest BCUT2D eigenvalue weighted by atomic mass is 9.89. The van der Waals surface area contributed by atoms with E-state index in [4.69, 9.17) is 27.9 Å². The van der Waals surface area contributed by atoms with Crippen LogP contribution in [0.2, 0.25) is 10.0 Å². The van der Waals surface area contributed by atoms with Crippen molar-refractivity contribution in [2.24, 2.45) is 5.92 Å². The summed E-state index contributed by atoms with van der Waals surface area (Å²) in [7, 11) is 1.71.